The molecule has 0 heterocycles. The van der Waals surface area contributed by atoms with Crippen LogP contribution in [0.5, 0.6) is 0 Å². The SMILES string of the molecule is CCCCCCCCCC/C=C\CCCCCCCCCCCCCCCCCCCCCCCC(=O)OCC(COC(=O)CCCCCCC)OC(=O)CCCCCCCCCCCCCCC/C=C\CCCCCCCCCC. The van der Waals surface area contributed by atoms with Crippen molar-refractivity contribution in [1.29, 1.82) is 0 Å². The lowest BCUT2D eigenvalue weighted by Gasteiger charge is -2.18. The van der Waals surface area contributed by atoms with Gasteiger partial charge in [-0.2, -0.15) is 0 Å². The molecule has 478 valence electrons. The number of esters is 3. The fourth-order valence-corrected chi connectivity index (χ4v) is 11.4. The lowest BCUT2D eigenvalue weighted by molar-refractivity contribution is -0.167. The molecule has 0 spiro atoms. The summed E-state index contributed by atoms with van der Waals surface area (Å²) >= 11 is 0. The van der Waals surface area contributed by atoms with Crippen LogP contribution in [0.1, 0.15) is 419 Å². The van der Waals surface area contributed by atoms with Gasteiger partial charge in [-0.3, -0.25) is 14.4 Å². The van der Waals surface area contributed by atoms with Crippen LogP contribution in [0.2, 0.25) is 0 Å². The number of carbonyl (C=O) groups is 3. The van der Waals surface area contributed by atoms with E-state index in [2.05, 4.69) is 45.1 Å². The van der Waals surface area contributed by atoms with Crippen molar-refractivity contribution < 1.29 is 28.6 Å². The molecular formula is C75H142O6. The molecule has 0 rings (SSSR count). The van der Waals surface area contributed by atoms with Gasteiger partial charge in [0.15, 0.2) is 6.10 Å². The summed E-state index contributed by atoms with van der Waals surface area (Å²) in [7, 11) is 0. The highest BCUT2D eigenvalue weighted by atomic mass is 16.6. The molecule has 0 radical (unpaired) electrons. The van der Waals surface area contributed by atoms with Crippen molar-refractivity contribution in [2.75, 3.05) is 13.2 Å². The molecule has 0 aromatic carbocycles. The second-order valence-electron chi connectivity index (χ2n) is 25.2. The topological polar surface area (TPSA) is 78.9 Å². The Labute approximate surface area is 506 Å². The van der Waals surface area contributed by atoms with Crippen molar-refractivity contribution in [3.8, 4) is 0 Å². The quantitative estimate of drug-likeness (QED) is 0.0261. The Kier molecular flexibility index (Phi) is 68.5. The van der Waals surface area contributed by atoms with E-state index in [1.165, 1.54) is 315 Å². The number of ether oxygens (including phenoxy) is 3. The smallest absolute Gasteiger partial charge is 0.306 e. The molecule has 0 aliphatic carbocycles. The average Bonchev–Trinajstić information content (AvgIpc) is 3.47. The zero-order valence-corrected chi connectivity index (χ0v) is 55.1. The van der Waals surface area contributed by atoms with Gasteiger partial charge in [0, 0.05) is 19.3 Å². The molecular weight excluding hydrogens is 997 g/mol. The minimum Gasteiger partial charge on any atom is -0.462 e. The minimum atomic E-state index is -0.765. The molecule has 81 heavy (non-hydrogen) atoms. The largest absolute Gasteiger partial charge is 0.462 e. The standard InChI is InChI=1S/C75H142O6/c1-4-7-10-13-15-17-19-21-23-25-27-29-31-33-34-35-36-37-38-39-40-42-43-45-47-49-51-53-55-57-59-62-65-68-74(77)80-71-72(70-79-73(76)67-64-61-12-9-6-3)81-75(78)69-66-63-60-58-56-54-52-50-48-46-44-41-32-30-28-26-24-22-20-18-16-14-11-8-5-2/h25-28,72H,4-24,29-71H2,1-3H3/b27-25-,28-26-. The lowest BCUT2D eigenvalue weighted by Crippen LogP contribution is -2.30. The van der Waals surface area contributed by atoms with Crippen molar-refractivity contribution in [3.63, 3.8) is 0 Å². The first kappa shape index (κ1) is 78.9. The maximum absolute atomic E-state index is 12.9. The van der Waals surface area contributed by atoms with Crippen molar-refractivity contribution in [3.05, 3.63) is 24.3 Å². The third kappa shape index (κ3) is 68.6. The van der Waals surface area contributed by atoms with Crippen molar-refractivity contribution in [2.24, 2.45) is 0 Å². The number of rotatable bonds is 69. The van der Waals surface area contributed by atoms with Gasteiger partial charge in [0.25, 0.3) is 0 Å². The van der Waals surface area contributed by atoms with E-state index in [9.17, 15) is 14.4 Å². The van der Waals surface area contributed by atoms with Crippen LogP contribution in [0.3, 0.4) is 0 Å². The average molecular weight is 1140 g/mol. The number of hydrogen-bond donors (Lipinski definition) is 0. The summed E-state index contributed by atoms with van der Waals surface area (Å²) < 4.78 is 16.8. The molecule has 6 nitrogen and oxygen atoms in total. The van der Waals surface area contributed by atoms with E-state index in [0.717, 1.165) is 64.2 Å². The van der Waals surface area contributed by atoms with Crippen LogP contribution in [0.4, 0.5) is 0 Å². The highest BCUT2D eigenvalue weighted by Crippen LogP contribution is 2.19. The summed E-state index contributed by atoms with van der Waals surface area (Å²) in [6.45, 7) is 6.63. The molecule has 6 heteroatoms. The Bertz CT molecular complexity index is 1310. The second kappa shape index (κ2) is 70.4. The highest BCUT2D eigenvalue weighted by molar-refractivity contribution is 5.71. The van der Waals surface area contributed by atoms with Gasteiger partial charge < -0.3 is 14.2 Å². The fourth-order valence-electron chi connectivity index (χ4n) is 11.4. The van der Waals surface area contributed by atoms with Crippen LogP contribution in [-0.2, 0) is 28.6 Å². The molecule has 0 amide bonds. The predicted octanol–water partition coefficient (Wildman–Crippen LogP) is 25.3. The Hall–Kier alpha value is -2.11. The van der Waals surface area contributed by atoms with E-state index >= 15 is 0 Å². The first-order valence-corrected chi connectivity index (χ1v) is 36.8. The molecule has 0 bridgehead atoms. The molecule has 0 aromatic heterocycles. The van der Waals surface area contributed by atoms with Crippen LogP contribution in [0.25, 0.3) is 0 Å². The van der Waals surface area contributed by atoms with E-state index in [1.54, 1.807) is 0 Å². The number of carbonyl (C=O) groups excluding carboxylic acids is 3. The van der Waals surface area contributed by atoms with E-state index in [0.29, 0.717) is 19.3 Å². The van der Waals surface area contributed by atoms with Gasteiger partial charge in [0.05, 0.1) is 0 Å². The second-order valence-corrected chi connectivity index (χ2v) is 25.2. The molecule has 1 atom stereocenters. The van der Waals surface area contributed by atoms with Gasteiger partial charge in [-0.05, 0) is 70.6 Å². The minimum absolute atomic E-state index is 0.0657. The van der Waals surface area contributed by atoms with Crippen LogP contribution < -0.4 is 0 Å². The highest BCUT2D eigenvalue weighted by Gasteiger charge is 2.19. The zero-order chi connectivity index (χ0) is 58.5. The monoisotopic (exact) mass is 1140 g/mol. The van der Waals surface area contributed by atoms with E-state index in [1.807, 2.05) is 0 Å². The van der Waals surface area contributed by atoms with Crippen LogP contribution in [-0.4, -0.2) is 37.2 Å². The third-order valence-electron chi connectivity index (χ3n) is 16.9. The molecule has 0 saturated heterocycles. The number of allylic oxidation sites excluding steroid dienone is 4. The number of hydrogen-bond acceptors (Lipinski definition) is 6. The van der Waals surface area contributed by atoms with E-state index < -0.39 is 6.10 Å². The Morgan fingerprint density at radius 3 is 0.617 bits per heavy atom. The summed E-state index contributed by atoms with van der Waals surface area (Å²) in [4.78, 5) is 38.0. The first-order valence-electron chi connectivity index (χ1n) is 36.8. The molecule has 1 unspecified atom stereocenters. The van der Waals surface area contributed by atoms with Crippen LogP contribution >= 0.6 is 0 Å². The van der Waals surface area contributed by atoms with Gasteiger partial charge in [-0.15, -0.1) is 0 Å². The zero-order valence-electron chi connectivity index (χ0n) is 55.1. The van der Waals surface area contributed by atoms with Gasteiger partial charge >= 0.3 is 17.9 Å². The molecule has 0 saturated carbocycles. The third-order valence-corrected chi connectivity index (χ3v) is 16.9. The Morgan fingerprint density at radius 1 is 0.235 bits per heavy atom. The van der Waals surface area contributed by atoms with Crippen molar-refractivity contribution in [1.82, 2.24) is 0 Å². The summed E-state index contributed by atoms with van der Waals surface area (Å²) in [6.07, 6.45) is 87.2. The maximum Gasteiger partial charge on any atom is 0.306 e. The Morgan fingerprint density at radius 2 is 0.407 bits per heavy atom. The first-order chi connectivity index (χ1) is 40.0. The lowest BCUT2D eigenvalue weighted by atomic mass is 10.0. The van der Waals surface area contributed by atoms with Gasteiger partial charge in [-0.1, -0.05) is 353 Å². The summed E-state index contributed by atoms with van der Waals surface area (Å²) in [6, 6.07) is 0. The van der Waals surface area contributed by atoms with Crippen LogP contribution in [0.15, 0.2) is 24.3 Å². The fraction of sp³-hybridized carbons (Fsp3) is 0.907. The van der Waals surface area contributed by atoms with Gasteiger partial charge in [0.1, 0.15) is 13.2 Å². The van der Waals surface area contributed by atoms with Gasteiger partial charge in [0.2, 0.25) is 0 Å². The maximum atomic E-state index is 12.9. The summed E-state index contributed by atoms with van der Waals surface area (Å²) in [5, 5.41) is 0. The molecule has 0 aliphatic heterocycles. The van der Waals surface area contributed by atoms with Gasteiger partial charge in [-0.25, -0.2) is 0 Å². The Balaban J connectivity index is 3.88. The molecule has 0 aromatic rings. The molecule has 0 aliphatic rings. The van der Waals surface area contributed by atoms with E-state index in [-0.39, 0.29) is 31.1 Å². The molecule has 0 fully saturated rings. The van der Waals surface area contributed by atoms with Crippen molar-refractivity contribution >= 4 is 17.9 Å². The molecule has 0 N–H and O–H groups in total. The summed E-state index contributed by atoms with van der Waals surface area (Å²) in [5.41, 5.74) is 0. The summed E-state index contributed by atoms with van der Waals surface area (Å²) in [5.74, 6) is -0.852. The van der Waals surface area contributed by atoms with Crippen molar-refractivity contribution in [2.45, 2.75) is 425 Å². The normalized spacial score (nSPS) is 12.1. The predicted molar refractivity (Wildman–Crippen MR) is 353 cm³/mol. The van der Waals surface area contributed by atoms with E-state index in [4.69, 9.17) is 14.2 Å². The number of unbranched alkanes of at least 4 members (excludes halogenated alkanes) is 54. The van der Waals surface area contributed by atoms with Crippen LogP contribution in [0, 0.1) is 0 Å².